The third-order valence-corrected chi connectivity index (χ3v) is 5.21. The van der Waals surface area contributed by atoms with Gasteiger partial charge in [0, 0.05) is 11.3 Å². The summed E-state index contributed by atoms with van der Waals surface area (Å²) in [5.41, 5.74) is 1.87. The molecule has 0 spiro atoms. The van der Waals surface area contributed by atoms with Gasteiger partial charge in [-0.25, -0.2) is 9.37 Å². The molecule has 1 aliphatic rings. The Hall–Kier alpha value is -1.26. The number of nitrogens with zero attached hydrogens (tertiary/aromatic N) is 1. The molecule has 1 aromatic heterocycles. The van der Waals surface area contributed by atoms with E-state index >= 15 is 0 Å². The molecule has 0 radical (unpaired) electrons. The predicted molar refractivity (Wildman–Crippen MR) is 80.9 cm³/mol. The molecule has 1 fully saturated rings. The fourth-order valence-electron chi connectivity index (χ4n) is 2.81. The number of piperidine rings is 1. The molecule has 0 bridgehead atoms. The lowest BCUT2D eigenvalue weighted by Gasteiger charge is -2.21. The summed E-state index contributed by atoms with van der Waals surface area (Å²) in [5.74, 6) is 0.492. The van der Waals surface area contributed by atoms with Crippen molar-refractivity contribution in [1.82, 2.24) is 10.3 Å². The van der Waals surface area contributed by atoms with E-state index in [1.54, 1.807) is 17.4 Å². The lowest BCUT2D eigenvalue weighted by Crippen LogP contribution is -2.26. The van der Waals surface area contributed by atoms with Crippen molar-refractivity contribution in [3.63, 3.8) is 0 Å². The van der Waals surface area contributed by atoms with Gasteiger partial charge in [-0.3, -0.25) is 0 Å². The highest BCUT2D eigenvalue weighted by molar-refractivity contribution is 7.11. The maximum Gasteiger partial charge on any atom is 0.126 e. The van der Waals surface area contributed by atoms with Crippen molar-refractivity contribution < 1.29 is 4.39 Å². The van der Waals surface area contributed by atoms with E-state index in [2.05, 4.69) is 17.2 Å². The molecule has 0 amide bonds. The van der Waals surface area contributed by atoms with Crippen molar-refractivity contribution in [1.29, 1.82) is 0 Å². The van der Waals surface area contributed by atoms with E-state index in [1.807, 2.05) is 12.1 Å². The van der Waals surface area contributed by atoms with Crippen LogP contribution >= 0.6 is 11.3 Å². The van der Waals surface area contributed by atoms with Crippen LogP contribution in [0.4, 0.5) is 4.39 Å². The molecule has 2 heterocycles. The Morgan fingerprint density at radius 2 is 2.05 bits per heavy atom. The SMILES string of the molecule is Cc1nc(Cc2ccccc2F)sc1C1CCNCC1. The Balaban J connectivity index is 1.80. The van der Waals surface area contributed by atoms with Crippen molar-refractivity contribution in [2.24, 2.45) is 0 Å². The molecule has 1 N–H and O–H groups in total. The van der Waals surface area contributed by atoms with E-state index in [0.29, 0.717) is 12.3 Å². The average molecular weight is 290 g/mol. The highest BCUT2D eigenvalue weighted by atomic mass is 32.1. The fourth-order valence-corrected chi connectivity index (χ4v) is 4.07. The summed E-state index contributed by atoms with van der Waals surface area (Å²) in [4.78, 5) is 6.05. The van der Waals surface area contributed by atoms with Gasteiger partial charge in [0.25, 0.3) is 0 Å². The summed E-state index contributed by atoms with van der Waals surface area (Å²) >= 11 is 1.76. The molecular formula is C16H19FN2S. The van der Waals surface area contributed by atoms with Crippen LogP contribution in [0.15, 0.2) is 24.3 Å². The van der Waals surface area contributed by atoms with E-state index < -0.39 is 0 Å². The zero-order chi connectivity index (χ0) is 13.9. The smallest absolute Gasteiger partial charge is 0.126 e. The molecule has 0 aliphatic carbocycles. The second kappa shape index (κ2) is 6.02. The first-order chi connectivity index (χ1) is 9.74. The Labute approximate surface area is 123 Å². The van der Waals surface area contributed by atoms with Gasteiger partial charge in [0.05, 0.1) is 10.7 Å². The van der Waals surface area contributed by atoms with Crippen LogP contribution in [-0.2, 0) is 6.42 Å². The molecule has 20 heavy (non-hydrogen) atoms. The van der Waals surface area contributed by atoms with Gasteiger partial charge in [-0.2, -0.15) is 0 Å². The minimum Gasteiger partial charge on any atom is -0.317 e. The Morgan fingerprint density at radius 3 is 2.80 bits per heavy atom. The van der Waals surface area contributed by atoms with Gasteiger partial charge < -0.3 is 5.32 Å². The van der Waals surface area contributed by atoms with Crippen LogP contribution < -0.4 is 5.32 Å². The molecule has 0 atom stereocenters. The molecule has 3 rings (SSSR count). The van der Waals surface area contributed by atoms with E-state index in [0.717, 1.165) is 29.4 Å². The zero-order valence-electron chi connectivity index (χ0n) is 11.7. The number of benzene rings is 1. The second-order valence-electron chi connectivity index (χ2n) is 5.35. The molecule has 4 heteroatoms. The third-order valence-electron chi connectivity index (χ3n) is 3.89. The van der Waals surface area contributed by atoms with Crippen LogP contribution in [0.1, 0.15) is 39.9 Å². The van der Waals surface area contributed by atoms with Gasteiger partial charge in [0.1, 0.15) is 5.82 Å². The van der Waals surface area contributed by atoms with E-state index in [4.69, 9.17) is 0 Å². The van der Waals surface area contributed by atoms with Gasteiger partial charge in [-0.15, -0.1) is 11.3 Å². The number of hydrogen-bond acceptors (Lipinski definition) is 3. The summed E-state index contributed by atoms with van der Waals surface area (Å²) in [6, 6.07) is 6.97. The third kappa shape index (κ3) is 2.91. The number of aromatic nitrogens is 1. The maximum atomic E-state index is 13.7. The lowest BCUT2D eigenvalue weighted by molar-refractivity contribution is 0.463. The Morgan fingerprint density at radius 1 is 1.30 bits per heavy atom. The second-order valence-corrected chi connectivity index (χ2v) is 6.46. The first-order valence-electron chi connectivity index (χ1n) is 7.14. The van der Waals surface area contributed by atoms with Crippen molar-refractivity contribution in [3.05, 3.63) is 51.2 Å². The minimum atomic E-state index is -0.135. The monoisotopic (exact) mass is 290 g/mol. The van der Waals surface area contributed by atoms with Crippen LogP contribution in [0.5, 0.6) is 0 Å². The minimum absolute atomic E-state index is 0.135. The van der Waals surface area contributed by atoms with Gasteiger partial charge in [0.2, 0.25) is 0 Å². The van der Waals surface area contributed by atoms with Crippen molar-refractivity contribution in [2.75, 3.05) is 13.1 Å². The fraction of sp³-hybridized carbons (Fsp3) is 0.438. The van der Waals surface area contributed by atoms with Gasteiger partial charge in [0.15, 0.2) is 0 Å². The molecule has 0 saturated carbocycles. The van der Waals surface area contributed by atoms with Gasteiger partial charge >= 0.3 is 0 Å². The molecule has 2 nitrogen and oxygen atoms in total. The van der Waals surface area contributed by atoms with Crippen molar-refractivity contribution in [2.45, 2.75) is 32.1 Å². The normalized spacial score (nSPS) is 16.5. The summed E-state index contributed by atoms with van der Waals surface area (Å²) in [6.07, 6.45) is 2.97. The molecule has 0 unspecified atom stereocenters. The number of rotatable bonds is 3. The Bertz CT molecular complexity index is 588. The number of thiazole rings is 1. The number of halogens is 1. The van der Waals surface area contributed by atoms with E-state index in [1.165, 1.54) is 23.8 Å². The Kier molecular flexibility index (Phi) is 4.13. The van der Waals surface area contributed by atoms with Crippen molar-refractivity contribution in [3.8, 4) is 0 Å². The van der Waals surface area contributed by atoms with E-state index in [-0.39, 0.29) is 5.82 Å². The van der Waals surface area contributed by atoms with Gasteiger partial charge in [-0.1, -0.05) is 18.2 Å². The summed E-state index contributed by atoms with van der Waals surface area (Å²) in [6.45, 7) is 4.26. The van der Waals surface area contributed by atoms with Crippen molar-refractivity contribution >= 4 is 11.3 Å². The average Bonchev–Trinajstić information content (AvgIpc) is 2.83. The number of aryl methyl sites for hydroxylation is 1. The predicted octanol–water partition coefficient (Wildman–Crippen LogP) is 3.65. The zero-order valence-corrected chi connectivity index (χ0v) is 12.5. The van der Waals surface area contributed by atoms with Crippen LogP contribution in [0.25, 0.3) is 0 Å². The highest BCUT2D eigenvalue weighted by Crippen LogP contribution is 2.33. The lowest BCUT2D eigenvalue weighted by atomic mass is 9.96. The highest BCUT2D eigenvalue weighted by Gasteiger charge is 2.20. The van der Waals surface area contributed by atoms with E-state index in [9.17, 15) is 4.39 Å². The molecule has 1 aromatic carbocycles. The number of hydrogen-bond donors (Lipinski definition) is 1. The quantitative estimate of drug-likeness (QED) is 0.933. The largest absolute Gasteiger partial charge is 0.317 e. The summed E-state index contributed by atoms with van der Waals surface area (Å²) in [5, 5.41) is 4.42. The summed E-state index contributed by atoms with van der Waals surface area (Å²) in [7, 11) is 0. The van der Waals surface area contributed by atoms with Crippen LogP contribution in [0.3, 0.4) is 0 Å². The topological polar surface area (TPSA) is 24.9 Å². The van der Waals surface area contributed by atoms with Crippen LogP contribution in [0, 0.1) is 12.7 Å². The molecular weight excluding hydrogens is 271 g/mol. The maximum absolute atomic E-state index is 13.7. The first kappa shape index (κ1) is 13.7. The molecule has 106 valence electrons. The van der Waals surface area contributed by atoms with Crippen LogP contribution in [0.2, 0.25) is 0 Å². The first-order valence-corrected chi connectivity index (χ1v) is 7.96. The molecule has 1 saturated heterocycles. The molecule has 2 aromatic rings. The molecule has 1 aliphatic heterocycles. The summed E-state index contributed by atoms with van der Waals surface area (Å²) < 4.78 is 13.7. The standard InChI is InChI=1S/C16H19FN2S/c1-11-16(12-6-8-18-9-7-12)20-15(19-11)10-13-4-2-3-5-14(13)17/h2-5,12,18H,6-10H2,1H3. The van der Waals surface area contributed by atoms with Gasteiger partial charge in [-0.05, 0) is 50.4 Å². The number of nitrogens with one attached hydrogen (secondary N) is 1. The van der Waals surface area contributed by atoms with Crippen LogP contribution in [-0.4, -0.2) is 18.1 Å².